The average molecular weight is 543 g/mol. The van der Waals surface area contributed by atoms with E-state index in [-0.39, 0.29) is 11.7 Å². The molecule has 0 bridgehead atoms. The summed E-state index contributed by atoms with van der Waals surface area (Å²) in [5, 5.41) is 12.6. The Bertz CT molecular complexity index is 1070. The molecule has 4 rings (SSSR count). The molecule has 39 heavy (non-hydrogen) atoms. The van der Waals surface area contributed by atoms with Crippen molar-refractivity contribution < 1.29 is 23.7 Å². The number of methoxy groups -OCH3 is 2. The quantitative estimate of drug-likeness (QED) is 0.320. The number of likely N-dealkylation sites (tertiary alicyclic amines) is 1. The molecule has 2 aromatic rings. The van der Waals surface area contributed by atoms with Gasteiger partial charge >= 0.3 is 0 Å². The minimum atomic E-state index is -1.20. The second-order valence-corrected chi connectivity index (χ2v) is 11.6. The summed E-state index contributed by atoms with van der Waals surface area (Å²) in [6.07, 6.45) is 7.26. The van der Waals surface area contributed by atoms with Crippen LogP contribution in [0.1, 0.15) is 62.5 Å². The minimum absolute atomic E-state index is 0.0513. The third-order valence-corrected chi connectivity index (χ3v) is 8.60. The van der Waals surface area contributed by atoms with Crippen LogP contribution < -0.4 is 10.5 Å². The minimum Gasteiger partial charge on any atom is -0.497 e. The van der Waals surface area contributed by atoms with E-state index in [1.807, 2.05) is 31.2 Å². The topological polar surface area (TPSA) is 77.2 Å². The van der Waals surface area contributed by atoms with Crippen molar-refractivity contribution in [3.8, 4) is 16.9 Å². The van der Waals surface area contributed by atoms with Crippen molar-refractivity contribution in [1.29, 1.82) is 0 Å². The van der Waals surface area contributed by atoms with E-state index < -0.39 is 5.60 Å². The lowest BCUT2D eigenvalue weighted by molar-refractivity contribution is -0.0822. The molecular formula is C32H47FN2O4. The second kappa shape index (κ2) is 14.0. The summed E-state index contributed by atoms with van der Waals surface area (Å²) < 4.78 is 32.6. The van der Waals surface area contributed by atoms with E-state index in [4.69, 9.17) is 19.9 Å². The Kier molecular flexibility index (Phi) is 10.8. The summed E-state index contributed by atoms with van der Waals surface area (Å²) in [7, 11) is 3.31. The first kappa shape index (κ1) is 29.9. The van der Waals surface area contributed by atoms with Gasteiger partial charge in [-0.1, -0.05) is 18.2 Å². The fraction of sp³-hybridized carbons (Fsp3) is 0.625. The summed E-state index contributed by atoms with van der Waals surface area (Å²) in [5.41, 5.74) is 7.69. The highest BCUT2D eigenvalue weighted by atomic mass is 19.1. The zero-order chi connectivity index (χ0) is 27.8. The summed E-state index contributed by atoms with van der Waals surface area (Å²) >= 11 is 0. The van der Waals surface area contributed by atoms with Gasteiger partial charge in [-0.15, -0.1) is 0 Å². The van der Waals surface area contributed by atoms with Crippen LogP contribution in [-0.4, -0.2) is 63.3 Å². The smallest absolute Gasteiger partial charge is 0.131 e. The number of benzene rings is 2. The predicted molar refractivity (Wildman–Crippen MR) is 153 cm³/mol. The number of nitrogens with zero attached hydrogens (tertiary/aromatic N) is 1. The molecule has 2 aliphatic rings. The number of piperidine rings is 1. The molecule has 1 saturated heterocycles. The van der Waals surface area contributed by atoms with Crippen LogP contribution in [0.2, 0.25) is 0 Å². The van der Waals surface area contributed by atoms with Gasteiger partial charge in [0.1, 0.15) is 11.6 Å². The predicted octanol–water partition coefficient (Wildman–Crippen LogP) is 5.63. The lowest BCUT2D eigenvalue weighted by Crippen LogP contribution is -2.47. The molecule has 7 heteroatoms. The number of halogens is 1. The Morgan fingerprint density at radius 2 is 1.97 bits per heavy atom. The van der Waals surface area contributed by atoms with Crippen molar-refractivity contribution in [2.24, 2.45) is 17.6 Å². The molecule has 0 aromatic heterocycles. The highest BCUT2D eigenvalue weighted by Gasteiger charge is 2.42. The number of nitrogens with two attached hydrogens (primary N) is 1. The van der Waals surface area contributed by atoms with Gasteiger partial charge in [-0.2, -0.15) is 0 Å². The molecule has 0 radical (unpaired) electrons. The highest BCUT2D eigenvalue weighted by molar-refractivity contribution is 5.71. The van der Waals surface area contributed by atoms with Gasteiger partial charge in [0.15, 0.2) is 0 Å². The Morgan fingerprint density at radius 3 is 2.72 bits per heavy atom. The number of unbranched alkanes of at least 4 members (excludes halogenated alkanes) is 1. The van der Waals surface area contributed by atoms with Crippen LogP contribution in [0.15, 0.2) is 36.4 Å². The van der Waals surface area contributed by atoms with Crippen LogP contribution in [0, 0.1) is 24.6 Å². The maximum Gasteiger partial charge on any atom is 0.131 e. The van der Waals surface area contributed by atoms with E-state index in [0.717, 1.165) is 69.2 Å². The molecular weight excluding hydrogens is 495 g/mol. The van der Waals surface area contributed by atoms with Crippen LogP contribution in [0.3, 0.4) is 0 Å². The molecule has 1 aliphatic carbocycles. The van der Waals surface area contributed by atoms with Gasteiger partial charge in [0.05, 0.1) is 26.0 Å². The highest BCUT2D eigenvalue weighted by Crippen LogP contribution is 2.45. The number of ether oxygens (including phenoxy) is 3. The Labute approximate surface area is 233 Å². The van der Waals surface area contributed by atoms with E-state index in [9.17, 15) is 5.11 Å². The van der Waals surface area contributed by atoms with Crippen molar-refractivity contribution >= 4 is 0 Å². The molecule has 216 valence electrons. The van der Waals surface area contributed by atoms with Crippen LogP contribution >= 0.6 is 0 Å². The molecule has 2 fully saturated rings. The van der Waals surface area contributed by atoms with E-state index in [2.05, 4.69) is 4.90 Å². The summed E-state index contributed by atoms with van der Waals surface area (Å²) in [6, 6.07) is 11.2. The van der Waals surface area contributed by atoms with Crippen molar-refractivity contribution in [2.45, 2.75) is 69.9 Å². The van der Waals surface area contributed by atoms with Gasteiger partial charge < -0.3 is 25.1 Å². The van der Waals surface area contributed by atoms with E-state index >= 15 is 4.39 Å². The molecule has 0 amide bonds. The van der Waals surface area contributed by atoms with E-state index in [1.54, 1.807) is 20.3 Å². The second-order valence-electron chi connectivity index (χ2n) is 11.6. The standard InChI is InChI=1S/C32H47FN2O4/c1-23-16-25(19-28(17-23)38-3)31-29(9-6-10-30(31)33)32(36,13-4-5-15-37-2)26-8-7-14-35(20-26)22-39-21-24-11-12-27(34)18-24/h6,9-10,16-17,19,24,26-27,36H,4-5,7-8,11-15,18,20-22,34H2,1-3H3/t24-,26-,27+,32+/m1/s1. The van der Waals surface area contributed by atoms with Gasteiger partial charge in [0.25, 0.3) is 0 Å². The Morgan fingerprint density at radius 1 is 1.13 bits per heavy atom. The SMILES string of the molecule is COCCCC[C@@](O)(c1cccc(F)c1-c1cc(C)cc(OC)c1)[C@@H]1CCCN(COC[C@@H]2CC[C@H](N)C2)C1. The van der Waals surface area contributed by atoms with Gasteiger partial charge in [-0.25, -0.2) is 4.39 Å². The number of rotatable bonds is 13. The summed E-state index contributed by atoms with van der Waals surface area (Å²) in [5.74, 6) is 0.831. The average Bonchev–Trinajstić information content (AvgIpc) is 3.35. The van der Waals surface area contributed by atoms with Crippen molar-refractivity contribution in [3.05, 3.63) is 53.3 Å². The zero-order valence-corrected chi connectivity index (χ0v) is 24.0. The number of hydrogen-bond acceptors (Lipinski definition) is 6. The largest absolute Gasteiger partial charge is 0.497 e. The summed E-state index contributed by atoms with van der Waals surface area (Å²) in [6.45, 7) is 5.54. The summed E-state index contributed by atoms with van der Waals surface area (Å²) in [4.78, 5) is 2.30. The van der Waals surface area contributed by atoms with Crippen LogP contribution in [0.5, 0.6) is 5.75 Å². The number of aliphatic hydroxyl groups is 1. The van der Waals surface area contributed by atoms with Crippen LogP contribution in [-0.2, 0) is 15.1 Å². The third-order valence-electron chi connectivity index (χ3n) is 8.60. The maximum absolute atomic E-state index is 15.7. The fourth-order valence-corrected chi connectivity index (χ4v) is 6.56. The van der Waals surface area contributed by atoms with Crippen molar-refractivity contribution in [2.75, 3.05) is 47.3 Å². The van der Waals surface area contributed by atoms with Crippen molar-refractivity contribution in [3.63, 3.8) is 0 Å². The first-order valence-corrected chi connectivity index (χ1v) is 14.6. The van der Waals surface area contributed by atoms with E-state index in [1.165, 1.54) is 6.07 Å². The Balaban J connectivity index is 1.60. The lowest BCUT2D eigenvalue weighted by Gasteiger charge is -2.43. The third kappa shape index (κ3) is 7.59. The first-order chi connectivity index (χ1) is 18.8. The molecule has 6 nitrogen and oxygen atoms in total. The molecule has 1 aliphatic heterocycles. The van der Waals surface area contributed by atoms with Gasteiger partial charge in [-0.3, -0.25) is 4.90 Å². The first-order valence-electron chi connectivity index (χ1n) is 14.6. The van der Waals surface area contributed by atoms with E-state index in [0.29, 0.717) is 55.1 Å². The van der Waals surface area contributed by atoms with Gasteiger partial charge in [0.2, 0.25) is 0 Å². The molecule has 0 spiro atoms. The lowest BCUT2D eigenvalue weighted by atomic mass is 9.72. The maximum atomic E-state index is 15.7. The van der Waals surface area contributed by atoms with Crippen LogP contribution in [0.25, 0.3) is 11.1 Å². The molecule has 0 unspecified atom stereocenters. The zero-order valence-electron chi connectivity index (χ0n) is 24.0. The molecule has 4 atom stereocenters. The molecule has 1 saturated carbocycles. The molecule has 2 aromatic carbocycles. The number of hydrogen-bond donors (Lipinski definition) is 2. The number of aryl methyl sites for hydroxylation is 1. The Hall–Kier alpha value is -2.03. The molecule has 1 heterocycles. The fourth-order valence-electron chi connectivity index (χ4n) is 6.56. The normalized spacial score (nSPS) is 23.6. The monoisotopic (exact) mass is 542 g/mol. The molecule has 3 N–H and O–H groups in total. The van der Waals surface area contributed by atoms with Crippen molar-refractivity contribution in [1.82, 2.24) is 4.90 Å². The van der Waals surface area contributed by atoms with Gasteiger partial charge in [0, 0.05) is 44.3 Å². The van der Waals surface area contributed by atoms with Gasteiger partial charge in [-0.05, 0) is 99.1 Å². The van der Waals surface area contributed by atoms with Crippen LogP contribution in [0.4, 0.5) is 4.39 Å².